The van der Waals surface area contributed by atoms with Crippen LogP contribution in [0.1, 0.15) is 12.0 Å². The molecule has 0 heterocycles. The normalized spacial score (nSPS) is 11.3. The average Bonchev–Trinajstić information content (AvgIpc) is 2.45. The molecule has 0 spiro atoms. The fraction of sp³-hybridized carbons (Fsp3) is 0.200. The zero-order chi connectivity index (χ0) is 15.3. The smallest absolute Gasteiger partial charge is 0.240 e. The fourth-order valence-corrected chi connectivity index (χ4v) is 2.79. The molecule has 0 unspecified atom stereocenters. The minimum atomic E-state index is -3.79. The Balaban J connectivity index is 1.95. The summed E-state index contributed by atoms with van der Waals surface area (Å²) in [5.74, 6) is 0. The summed E-state index contributed by atoms with van der Waals surface area (Å²) in [5, 5.41) is 8.27. The van der Waals surface area contributed by atoms with Gasteiger partial charge in [0, 0.05) is 6.54 Å². The van der Waals surface area contributed by atoms with Gasteiger partial charge in [-0.1, -0.05) is 36.4 Å². The molecule has 0 bridgehead atoms. The average molecular weight is 305 g/mol. The summed E-state index contributed by atoms with van der Waals surface area (Å²) in [7, 11) is -3.79. The number of nitrogens with two attached hydrogens (primary N) is 2. The van der Waals surface area contributed by atoms with E-state index in [0.717, 1.165) is 12.8 Å². The van der Waals surface area contributed by atoms with Crippen LogP contribution in [0.5, 0.6) is 0 Å². The highest BCUT2D eigenvalue weighted by atomic mass is 32.2. The number of sulfonamides is 1. The van der Waals surface area contributed by atoms with Crippen molar-refractivity contribution in [3.8, 4) is 0 Å². The van der Waals surface area contributed by atoms with E-state index in [4.69, 9.17) is 10.9 Å². The SMILES string of the molecule is Nc1c(NCCCc2ccccc2)cccc1S(N)(=O)=O. The van der Waals surface area contributed by atoms with Crippen molar-refractivity contribution < 1.29 is 8.42 Å². The number of nitrogens with one attached hydrogen (secondary N) is 1. The largest absolute Gasteiger partial charge is 0.396 e. The molecule has 2 aromatic carbocycles. The van der Waals surface area contributed by atoms with Gasteiger partial charge in [0.1, 0.15) is 4.90 Å². The van der Waals surface area contributed by atoms with Crippen LogP contribution in [0.15, 0.2) is 53.4 Å². The summed E-state index contributed by atoms with van der Waals surface area (Å²) in [6, 6.07) is 14.9. The van der Waals surface area contributed by atoms with Crippen molar-refractivity contribution in [2.75, 3.05) is 17.6 Å². The van der Waals surface area contributed by atoms with E-state index in [9.17, 15) is 8.42 Å². The predicted octanol–water partition coefficient (Wildman–Crippen LogP) is 1.96. The standard InChI is InChI=1S/C15H19N3O2S/c16-15-13(9-4-10-14(15)21(17,19)20)18-11-5-8-12-6-2-1-3-7-12/h1-4,6-7,9-10,18H,5,8,11,16H2,(H2,17,19,20). The lowest BCUT2D eigenvalue weighted by Gasteiger charge is -2.11. The lowest BCUT2D eigenvalue weighted by Crippen LogP contribution is -2.15. The molecule has 0 amide bonds. The van der Waals surface area contributed by atoms with E-state index in [1.807, 2.05) is 18.2 Å². The Morgan fingerprint density at radius 2 is 1.71 bits per heavy atom. The van der Waals surface area contributed by atoms with E-state index in [0.29, 0.717) is 12.2 Å². The number of benzene rings is 2. The summed E-state index contributed by atoms with van der Waals surface area (Å²) in [6.07, 6.45) is 1.87. The predicted molar refractivity (Wildman–Crippen MR) is 85.5 cm³/mol. The third kappa shape index (κ3) is 4.21. The number of anilines is 2. The summed E-state index contributed by atoms with van der Waals surface area (Å²) in [5.41, 5.74) is 7.87. The Hall–Kier alpha value is -2.05. The second kappa shape index (κ2) is 6.60. The number of aryl methyl sites for hydroxylation is 1. The van der Waals surface area contributed by atoms with Crippen LogP contribution in [0.25, 0.3) is 0 Å². The van der Waals surface area contributed by atoms with Crippen LogP contribution >= 0.6 is 0 Å². The molecule has 0 fully saturated rings. The van der Waals surface area contributed by atoms with E-state index in [-0.39, 0.29) is 10.6 Å². The maximum atomic E-state index is 11.4. The summed E-state index contributed by atoms with van der Waals surface area (Å²) in [6.45, 7) is 0.702. The molecule has 5 N–H and O–H groups in total. The van der Waals surface area contributed by atoms with Gasteiger partial charge in [-0.15, -0.1) is 0 Å². The van der Waals surface area contributed by atoms with Gasteiger partial charge in [0.15, 0.2) is 0 Å². The molecule has 0 aliphatic rings. The van der Waals surface area contributed by atoms with Gasteiger partial charge >= 0.3 is 0 Å². The molecule has 5 nitrogen and oxygen atoms in total. The van der Waals surface area contributed by atoms with Crippen LogP contribution in [0.2, 0.25) is 0 Å². The third-order valence-electron chi connectivity index (χ3n) is 3.17. The lowest BCUT2D eigenvalue weighted by molar-refractivity contribution is 0.598. The van der Waals surface area contributed by atoms with Crippen LogP contribution < -0.4 is 16.2 Å². The van der Waals surface area contributed by atoms with Gasteiger partial charge in [0.05, 0.1) is 11.4 Å². The maximum absolute atomic E-state index is 11.4. The molecule has 0 aromatic heterocycles. The van der Waals surface area contributed by atoms with Crippen LogP contribution in [0, 0.1) is 0 Å². The Kier molecular flexibility index (Phi) is 4.82. The fourth-order valence-electron chi connectivity index (χ4n) is 2.11. The second-order valence-corrected chi connectivity index (χ2v) is 6.31. The van der Waals surface area contributed by atoms with Gasteiger partial charge in [0.2, 0.25) is 10.0 Å². The van der Waals surface area contributed by atoms with Crippen LogP contribution in [-0.2, 0) is 16.4 Å². The topological polar surface area (TPSA) is 98.2 Å². The summed E-state index contributed by atoms with van der Waals surface area (Å²) >= 11 is 0. The minimum absolute atomic E-state index is 0.0458. The molecule has 21 heavy (non-hydrogen) atoms. The number of hydrogen-bond acceptors (Lipinski definition) is 4. The number of primary sulfonamides is 1. The first kappa shape index (κ1) is 15.3. The Labute approximate surface area is 125 Å². The van der Waals surface area contributed by atoms with Crippen molar-refractivity contribution >= 4 is 21.4 Å². The molecule has 2 rings (SSSR count). The van der Waals surface area contributed by atoms with E-state index in [1.54, 1.807) is 12.1 Å². The minimum Gasteiger partial charge on any atom is -0.396 e. The zero-order valence-electron chi connectivity index (χ0n) is 11.6. The monoisotopic (exact) mass is 305 g/mol. The molecule has 0 aliphatic carbocycles. The second-order valence-electron chi connectivity index (χ2n) is 4.78. The number of hydrogen-bond donors (Lipinski definition) is 3. The Morgan fingerprint density at radius 3 is 2.38 bits per heavy atom. The van der Waals surface area contributed by atoms with E-state index < -0.39 is 10.0 Å². The Bertz CT molecular complexity index is 700. The van der Waals surface area contributed by atoms with E-state index in [2.05, 4.69) is 17.4 Å². The molecule has 112 valence electrons. The van der Waals surface area contributed by atoms with Gasteiger partial charge < -0.3 is 11.1 Å². The Morgan fingerprint density at radius 1 is 1.00 bits per heavy atom. The quantitative estimate of drug-likeness (QED) is 0.561. The summed E-state index contributed by atoms with van der Waals surface area (Å²) < 4.78 is 22.8. The first-order chi connectivity index (χ1) is 9.98. The molecule has 0 aliphatic heterocycles. The molecule has 0 saturated heterocycles. The molecule has 6 heteroatoms. The number of para-hydroxylation sites is 1. The van der Waals surface area contributed by atoms with Crippen molar-refractivity contribution in [2.45, 2.75) is 17.7 Å². The molecule has 0 atom stereocenters. The van der Waals surface area contributed by atoms with E-state index >= 15 is 0 Å². The molecular weight excluding hydrogens is 286 g/mol. The highest BCUT2D eigenvalue weighted by Crippen LogP contribution is 2.25. The van der Waals surface area contributed by atoms with Crippen LogP contribution in [0.3, 0.4) is 0 Å². The van der Waals surface area contributed by atoms with Crippen molar-refractivity contribution in [3.05, 3.63) is 54.1 Å². The first-order valence-electron chi connectivity index (χ1n) is 6.67. The van der Waals surface area contributed by atoms with E-state index in [1.165, 1.54) is 11.6 Å². The van der Waals surface area contributed by atoms with Gasteiger partial charge in [-0.3, -0.25) is 0 Å². The van der Waals surface area contributed by atoms with Crippen LogP contribution in [0.4, 0.5) is 11.4 Å². The summed E-state index contributed by atoms with van der Waals surface area (Å²) in [4.78, 5) is -0.0458. The van der Waals surface area contributed by atoms with Gasteiger partial charge in [-0.2, -0.15) is 0 Å². The third-order valence-corrected chi connectivity index (χ3v) is 4.14. The van der Waals surface area contributed by atoms with Crippen LogP contribution in [-0.4, -0.2) is 15.0 Å². The number of nitrogen functional groups attached to an aromatic ring is 1. The van der Waals surface area contributed by atoms with Gasteiger partial charge in [-0.05, 0) is 30.5 Å². The molecule has 2 aromatic rings. The first-order valence-corrected chi connectivity index (χ1v) is 8.22. The highest BCUT2D eigenvalue weighted by molar-refractivity contribution is 7.89. The lowest BCUT2D eigenvalue weighted by atomic mass is 10.1. The van der Waals surface area contributed by atoms with Gasteiger partial charge in [-0.25, -0.2) is 13.6 Å². The highest BCUT2D eigenvalue weighted by Gasteiger charge is 2.14. The molecule has 0 radical (unpaired) electrons. The molecular formula is C15H19N3O2S. The zero-order valence-corrected chi connectivity index (χ0v) is 12.4. The van der Waals surface area contributed by atoms with Gasteiger partial charge in [0.25, 0.3) is 0 Å². The van der Waals surface area contributed by atoms with Crippen molar-refractivity contribution in [1.29, 1.82) is 0 Å². The maximum Gasteiger partial charge on any atom is 0.240 e. The number of rotatable bonds is 6. The van der Waals surface area contributed by atoms with Crippen molar-refractivity contribution in [3.63, 3.8) is 0 Å². The van der Waals surface area contributed by atoms with Crippen molar-refractivity contribution in [2.24, 2.45) is 5.14 Å². The van der Waals surface area contributed by atoms with Crippen molar-refractivity contribution in [1.82, 2.24) is 0 Å². The molecule has 0 saturated carbocycles.